The third kappa shape index (κ3) is 8.47. The van der Waals surface area contributed by atoms with Gasteiger partial charge in [0.15, 0.2) is 0 Å². The number of aliphatic hydroxyl groups excluding tert-OH is 1. The molecular formula is C13H23NO6. The zero-order chi connectivity index (χ0) is 15.8. The van der Waals surface area contributed by atoms with Gasteiger partial charge < -0.3 is 19.9 Å². The summed E-state index contributed by atoms with van der Waals surface area (Å²) >= 11 is 0. The monoisotopic (exact) mass is 289 g/mol. The molecule has 0 unspecified atom stereocenters. The van der Waals surface area contributed by atoms with E-state index in [9.17, 15) is 14.4 Å². The second kappa shape index (κ2) is 8.52. The van der Waals surface area contributed by atoms with Crippen LogP contribution in [0, 0.1) is 5.92 Å². The maximum absolute atomic E-state index is 11.7. The molecule has 116 valence electrons. The molecule has 1 atom stereocenters. The summed E-state index contributed by atoms with van der Waals surface area (Å²) in [7, 11) is 1.25. The number of aliphatic hydroxyl groups is 1. The summed E-state index contributed by atoms with van der Waals surface area (Å²) in [5.74, 6) is -2.23. The number of methoxy groups -OCH3 is 1. The van der Waals surface area contributed by atoms with Crippen molar-refractivity contribution in [3.8, 4) is 0 Å². The minimum absolute atomic E-state index is 0.0167. The average Bonchev–Trinajstić information content (AvgIpc) is 2.31. The van der Waals surface area contributed by atoms with Crippen LogP contribution in [0.3, 0.4) is 0 Å². The molecule has 2 N–H and O–H groups in total. The Morgan fingerprint density at radius 3 is 2.25 bits per heavy atom. The van der Waals surface area contributed by atoms with Gasteiger partial charge in [-0.25, -0.2) is 0 Å². The van der Waals surface area contributed by atoms with Crippen molar-refractivity contribution in [1.29, 1.82) is 0 Å². The minimum atomic E-state index is -0.740. The normalized spacial score (nSPS) is 12.4. The average molecular weight is 289 g/mol. The van der Waals surface area contributed by atoms with Gasteiger partial charge in [0.25, 0.3) is 0 Å². The van der Waals surface area contributed by atoms with Crippen LogP contribution in [0.25, 0.3) is 0 Å². The first-order valence-electron chi connectivity index (χ1n) is 6.37. The highest BCUT2D eigenvalue weighted by Crippen LogP contribution is 2.16. The highest BCUT2D eigenvalue weighted by molar-refractivity contribution is 5.84. The molecule has 0 saturated carbocycles. The quantitative estimate of drug-likeness (QED) is 0.518. The van der Waals surface area contributed by atoms with E-state index in [1.54, 1.807) is 20.8 Å². The van der Waals surface area contributed by atoms with Crippen molar-refractivity contribution in [3.05, 3.63) is 0 Å². The van der Waals surface area contributed by atoms with Crippen LogP contribution in [-0.2, 0) is 23.9 Å². The maximum Gasteiger partial charge on any atom is 0.307 e. The van der Waals surface area contributed by atoms with Crippen LogP contribution < -0.4 is 5.32 Å². The first-order valence-corrected chi connectivity index (χ1v) is 6.37. The molecule has 0 aromatic rings. The van der Waals surface area contributed by atoms with Crippen molar-refractivity contribution in [2.75, 3.05) is 13.8 Å². The maximum atomic E-state index is 11.7. The lowest BCUT2D eigenvalue weighted by Crippen LogP contribution is -2.34. The van der Waals surface area contributed by atoms with Gasteiger partial charge in [-0.15, -0.1) is 0 Å². The van der Waals surface area contributed by atoms with Gasteiger partial charge in [0.2, 0.25) is 5.91 Å². The topological polar surface area (TPSA) is 102 Å². The summed E-state index contributed by atoms with van der Waals surface area (Å²) in [6.45, 7) is 4.65. The lowest BCUT2D eigenvalue weighted by molar-refractivity contribution is -0.158. The number of rotatable bonds is 7. The van der Waals surface area contributed by atoms with E-state index in [0.29, 0.717) is 0 Å². The van der Waals surface area contributed by atoms with Crippen molar-refractivity contribution in [1.82, 2.24) is 5.32 Å². The summed E-state index contributed by atoms with van der Waals surface area (Å²) in [4.78, 5) is 34.5. The van der Waals surface area contributed by atoms with E-state index in [1.807, 2.05) is 0 Å². The molecule has 20 heavy (non-hydrogen) atoms. The summed E-state index contributed by atoms with van der Waals surface area (Å²) in [5, 5.41) is 10.9. The number of carbonyl (C=O) groups is 3. The Bertz CT molecular complexity index is 347. The van der Waals surface area contributed by atoms with Gasteiger partial charge in [-0.2, -0.15) is 0 Å². The number of amides is 1. The standard InChI is InChI=1S/C13H23NO6/c1-13(2,3)20-11(17)7-9(12(18)14-8-15)5-6-10(16)19-4/h9,15H,5-8H2,1-4H3,(H,14,18)/t9-/m1/s1. The molecule has 0 saturated heterocycles. The molecular weight excluding hydrogens is 266 g/mol. The number of esters is 2. The SMILES string of the molecule is COC(=O)CC[C@H](CC(=O)OC(C)(C)C)C(=O)NCO. The molecule has 0 aromatic carbocycles. The third-order valence-corrected chi connectivity index (χ3v) is 2.38. The smallest absolute Gasteiger partial charge is 0.307 e. The molecule has 7 heteroatoms. The van der Waals surface area contributed by atoms with Crippen molar-refractivity contribution < 1.29 is 29.0 Å². The van der Waals surface area contributed by atoms with Crippen molar-refractivity contribution in [3.63, 3.8) is 0 Å². The van der Waals surface area contributed by atoms with Gasteiger partial charge in [0.1, 0.15) is 12.3 Å². The van der Waals surface area contributed by atoms with E-state index in [2.05, 4.69) is 10.1 Å². The largest absolute Gasteiger partial charge is 0.469 e. The molecule has 7 nitrogen and oxygen atoms in total. The summed E-state index contributed by atoms with van der Waals surface area (Å²) in [6, 6.07) is 0. The van der Waals surface area contributed by atoms with Crippen LogP contribution in [0.15, 0.2) is 0 Å². The molecule has 0 aliphatic heterocycles. The Balaban J connectivity index is 4.56. The van der Waals surface area contributed by atoms with Gasteiger partial charge in [-0.05, 0) is 27.2 Å². The predicted octanol–water partition coefficient (Wildman–Crippen LogP) is 0.354. The summed E-state index contributed by atoms with van der Waals surface area (Å²) in [6.07, 6.45) is 0.0145. The zero-order valence-electron chi connectivity index (χ0n) is 12.4. The van der Waals surface area contributed by atoms with Gasteiger partial charge in [-0.3, -0.25) is 14.4 Å². The lowest BCUT2D eigenvalue weighted by atomic mass is 9.98. The fourth-order valence-corrected chi connectivity index (χ4v) is 1.53. The van der Waals surface area contributed by atoms with E-state index >= 15 is 0 Å². The Kier molecular flexibility index (Phi) is 7.83. The number of hydrogen-bond donors (Lipinski definition) is 2. The van der Waals surface area contributed by atoms with Gasteiger partial charge in [0.05, 0.1) is 13.5 Å². The molecule has 0 spiro atoms. The fourth-order valence-electron chi connectivity index (χ4n) is 1.53. The van der Waals surface area contributed by atoms with E-state index in [1.165, 1.54) is 7.11 Å². The Labute approximate surface area is 118 Å². The minimum Gasteiger partial charge on any atom is -0.469 e. The molecule has 0 radical (unpaired) electrons. The number of ether oxygens (including phenoxy) is 2. The van der Waals surface area contributed by atoms with Crippen LogP contribution in [0.4, 0.5) is 0 Å². The Morgan fingerprint density at radius 1 is 1.20 bits per heavy atom. The highest BCUT2D eigenvalue weighted by atomic mass is 16.6. The van der Waals surface area contributed by atoms with Crippen LogP contribution in [0.2, 0.25) is 0 Å². The van der Waals surface area contributed by atoms with Gasteiger partial charge in [-0.1, -0.05) is 0 Å². The van der Waals surface area contributed by atoms with Crippen LogP contribution in [0.5, 0.6) is 0 Å². The lowest BCUT2D eigenvalue weighted by Gasteiger charge is -2.21. The third-order valence-electron chi connectivity index (χ3n) is 2.38. The molecule has 0 aliphatic carbocycles. The molecule has 0 aliphatic rings. The second-order valence-corrected chi connectivity index (χ2v) is 5.30. The number of nitrogens with one attached hydrogen (secondary N) is 1. The second-order valence-electron chi connectivity index (χ2n) is 5.30. The Hall–Kier alpha value is -1.63. The van der Waals surface area contributed by atoms with Crippen LogP contribution in [-0.4, -0.2) is 42.4 Å². The van der Waals surface area contributed by atoms with Crippen LogP contribution >= 0.6 is 0 Å². The van der Waals surface area contributed by atoms with E-state index < -0.39 is 36.1 Å². The van der Waals surface area contributed by atoms with Crippen molar-refractivity contribution in [2.24, 2.45) is 5.92 Å². The molecule has 1 amide bonds. The summed E-state index contributed by atoms with van der Waals surface area (Å²) < 4.78 is 9.62. The molecule has 0 heterocycles. The van der Waals surface area contributed by atoms with E-state index in [4.69, 9.17) is 9.84 Å². The van der Waals surface area contributed by atoms with Gasteiger partial charge >= 0.3 is 11.9 Å². The fraction of sp³-hybridized carbons (Fsp3) is 0.769. The zero-order valence-corrected chi connectivity index (χ0v) is 12.4. The van der Waals surface area contributed by atoms with Crippen molar-refractivity contribution in [2.45, 2.75) is 45.6 Å². The van der Waals surface area contributed by atoms with E-state index in [-0.39, 0.29) is 19.3 Å². The molecule has 0 rings (SSSR count). The van der Waals surface area contributed by atoms with Crippen LogP contribution in [0.1, 0.15) is 40.0 Å². The molecule has 0 aromatic heterocycles. The first kappa shape index (κ1) is 18.4. The number of carbonyl (C=O) groups excluding carboxylic acids is 3. The molecule has 0 bridgehead atoms. The predicted molar refractivity (Wildman–Crippen MR) is 70.4 cm³/mol. The number of hydrogen-bond acceptors (Lipinski definition) is 6. The summed E-state index contributed by atoms with van der Waals surface area (Å²) in [5.41, 5.74) is -0.641. The highest BCUT2D eigenvalue weighted by Gasteiger charge is 2.25. The van der Waals surface area contributed by atoms with E-state index in [0.717, 1.165) is 0 Å². The van der Waals surface area contributed by atoms with Gasteiger partial charge in [0, 0.05) is 12.3 Å². The first-order chi connectivity index (χ1) is 9.19. The molecule has 0 fully saturated rings. The van der Waals surface area contributed by atoms with Crippen molar-refractivity contribution >= 4 is 17.8 Å². The Morgan fingerprint density at radius 2 is 1.80 bits per heavy atom.